The predicted octanol–water partition coefficient (Wildman–Crippen LogP) is 5.61. The average molecular weight is 638 g/mol. The summed E-state index contributed by atoms with van der Waals surface area (Å²) < 4.78 is 39.4. The molecule has 2 atom stereocenters. The molecule has 2 heterocycles. The maximum absolute atomic E-state index is 13.0. The molecule has 0 aromatic heterocycles. The largest absolute Gasteiger partial charge is 0.726 e. The molecule has 2 aliphatic rings. The predicted molar refractivity (Wildman–Crippen MR) is 174 cm³/mol. The molecule has 2 fully saturated rings. The summed E-state index contributed by atoms with van der Waals surface area (Å²) in [4.78, 5) is 29.4. The first-order valence-corrected chi connectivity index (χ1v) is 17.2. The van der Waals surface area contributed by atoms with Crippen LogP contribution in [0.4, 0.5) is 0 Å². The molecular formula is C32H67N3O7S. The van der Waals surface area contributed by atoms with Crippen molar-refractivity contribution in [3.63, 3.8) is 0 Å². The molecule has 43 heavy (non-hydrogen) atoms. The van der Waals surface area contributed by atoms with Gasteiger partial charge in [-0.25, -0.2) is 8.42 Å². The third kappa shape index (κ3) is 16.6. The van der Waals surface area contributed by atoms with E-state index in [1.807, 2.05) is 0 Å². The fraction of sp³-hybridized carbons (Fsp3) is 0.938. The van der Waals surface area contributed by atoms with Crippen LogP contribution in [0.25, 0.3) is 0 Å². The van der Waals surface area contributed by atoms with Crippen LogP contribution >= 0.6 is 0 Å². The number of hydrogen-bond donors (Lipinski definition) is 0. The summed E-state index contributed by atoms with van der Waals surface area (Å²) in [5.74, 6) is 0.615. The van der Waals surface area contributed by atoms with E-state index in [-0.39, 0.29) is 39.0 Å². The van der Waals surface area contributed by atoms with Gasteiger partial charge in [-0.2, -0.15) is 0 Å². The Morgan fingerprint density at radius 3 is 1.93 bits per heavy atom. The molecule has 2 saturated heterocycles. The molecule has 2 amide bonds. The second kappa shape index (κ2) is 21.5. The van der Waals surface area contributed by atoms with Crippen LogP contribution in [-0.2, 0) is 28.9 Å². The van der Waals surface area contributed by atoms with Crippen molar-refractivity contribution in [1.82, 2.24) is 9.80 Å². The maximum Gasteiger partial charge on any atom is 0.222 e. The average Bonchev–Trinajstić information content (AvgIpc) is 3.22. The molecule has 10 nitrogen and oxygen atoms in total. The van der Waals surface area contributed by atoms with Gasteiger partial charge >= 0.3 is 0 Å². The Kier molecular flexibility index (Phi) is 21.9. The van der Waals surface area contributed by atoms with Crippen molar-refractivity contribution >= 4 is 22.2 Å². The first kappa shape index (κ1) is 43.9. The number of nitrogens with zero attached hydrogens (tertiary/aromatic N) is 3. The highest BCUT2D eigenvalue weighted by atomic mass is 32.3. The number of likely N-dealkylation sites (tertiary alicyclic amines) is 2. The fourth-order valence-electron chi connectivity index (χ4n) is 6.08. The third-order valence-corrected chi connectivity index (χ3v) is 9.40. The van der Waals surface area contributed by atoms with Crippen molar-refractivity contribution in [3.05, 3.63) is 0 Å². The van der Waals surface area contributed by atoms with E-state index in [9.17, 15) is 22.6 Å². The van der Waals surface area contributed by atoms with Crippen LogP contribution in [0.15, 0.2) is 0 Å². The van der Waals surface area contributed by atoms with Gasteiger partial charge < -0.3 is 23.6 Å². The first-order valence-electron chi connectivity index (χ1n) is 15.8. The van der Waals surface area contributed by atoms with E-state index in [4.69, 9.17) is 4.74 Å². The highest BCUT2D eigenvalue weighted by Gasteiger charge is 2.33. The number of hydrogen-bond acceptors (Lipinski definition) is 7. The van der Waals surface area contributed by atoms with Gasteiger partial charge in [0, 0.05) is 38.0 Å². The zero-order chi connectivity index (χ0) is 31.1. The van der Waals surface area contributed by atoms with Gasteiger partial charge in [-0.05, 0) is 78.6 Å². The Labute approximate surface area is 265 Å². The van der Waals surface area contributed by atoms with Gasteiger partial charge in [0.2, 0.25) is 22.2 Å². The second-order valence-electron chi connectivity index (χ2n) is 12.4. The second-order valence-corrected chi connectivity index (χ2v) is 13.5. The molecule has 0 bridgehead atoms. The number of carbonyl (C=O) groups is 2. The van der Waals surface area contributed by atoms with Crippen molar-refractivity contribution in [2.45, 2.75) is 133 Å². The van der Waals surface area contributed by atoms with Gasteiger partial charge in [0.15, 0.2) is 0 Å². The molecule has 0 radical (unpaired) electrons. The molecule has 0 aromatic rings. The third-order valence-electron chi connectivity index (χ3n) is 8.88. The molecule has 11 heteroatoms. The van der Waals surface area contributed by atoms with E-state index < -0.39 is 10.4 Å². The lowest BCUT2D eigenvalue weighted by Crippen LogP contribution is -2.49. The normalized spacial score (nSPS) is 17.8. The maximum atomic E-state index is 13.0. The van der Waals surface area contributed by atoms with E-state index in [0.29, 0.717) is 24.7 Å². The summed E-state index contributed by atoms with van der Waals surface area (Å²) >= 11 is 0. The summed E-state index contributed by atoms with van der Waals surface area (Å²) in [6.45, 7) is 22.7. The van der Waals surface area contributed by atoms with Crippen molar-refractivity contribution in [2.24, 2.45) is 5.41 Å². The molecule has 2 unspecified atom stereocenters. The lowest BCUT2D eigenvalue weighted by atomic mass is 9.84. The Morgan fingerprint density at radius 2 is 1.44 bits per heavy atom. The quantitative estimate of drug-likeness (QED) is 0.0881. The monoisotopic (exact) mass is 637 g/mol. The SMILES string of the molecule is C.C.CCOS(=O)(=O)[O-].CC[N+](CC)(CC)CCOCC(C)(C)CC(CCC(C)N1CCCC1=O)N1CCCCCC1=O. The number of quaternary nitrogens is 1. The van der Waals surface area contributed by atoms with Crippen LogP contribution in [0.2, 0.25) is 0 Å². The minimum atomic E-state index is -4.42. The molecule has 0 N–H and O–H groups in total. The van der Waals surface area contributed by atoms with E-state index in [2.05, 4.69) is 55.5 Å². The van der Waals surface area contributed by atoms with Crippen LogP contribution in [-0.4, -0.2) is 110 Å². The highest BCUT2D eigenvalue weighted by molar-refractivity contribution is 7.80. The van der Waals surface area contributed by atoms with Gasteiger partial charge in [-0.3, -0.25) is 13.8 Å². The summed E-state index contributed by atoms with van der Waals surface area (Å²) in [7, 11) is -4.42. The highest BCUT2D eigenvalue weighted by Crippen LogP contribution is 2.30. The number of rotatable bonds is 17. The van der Waals surface area contributed by atoms with Gasteiger partial charge in [0.1, 0.15) is 6.54 Å². The van der Waals surface area contributed by atoms with Crippen LogP contribution in [0.3, 0.4) is 0 Å². The van der Waals surface area contributed by atoms with Crippen molar-refractivity contribution in [2.75, 3.05) is 59.1 Å². The summed E-state index contributed by atoms with van der Waals surface area (Å²) in [5, 5.41) is 0. The number of amides is 2. The van der Waals surface area contributed by atoms with Crippen LogP contribution in [0.5, 0.6) is 0 Å². The molecule has 2 aliphatic heterocycles. The molecule has 2 rings (SSSR count). The van der Waals surface area contributed by atoms with E-state index in [0.717, 1.165) is 102 Å². The minimum Gasteiger partial charge on any atom is -0.726 e. The standard InChI is InChI=1S/C28H54N3O3.C2H6O4S.2CH4/c1-7-31(8-2,9-3)20-21-34-23-28(5,6)22-25(30-18-12-10-11-14-27(30)33)17-16-24(4)29-19-13-15-26(29)32;1-2-6-7(3,4)5;;/h24-25H,7-23H2,1-6H3;2H2,1H3,(H,3,4,5);2*1H4/q+1;;;/p-1. The summed E-state index contributed by atoms with van der Waals surface area (Å²) in [6.07, 6.45) is 8.48. The minimum absolute atomic E-state index is 0. The molecule has 258 valence electrons. The topological polar surface area (TPSA) is 116 Å². The Hall–Kier alpha value is -1.27. The van der Waals surface area contributed by atoms with Crippen LogP contribution < -0.4 is 0 Å². The smallest absolute Gasteiger partial charge is 0.222 e. The van der Waals surface area contributed by atoms with Crippen molar-refractivity contribution in [3.8, 4) is 0 Å². The fourth-order valence-corrected chi connectivity index (χ4v) is 6.36. The zero-order valence-corrected chi connectivity index (χ0v) is 27.8. The van der Waals surface area contributed by atoms with Crippen LogP contribution in [0, 0.1) is 5.41 Å². The molecule has 0 aliphatic carbocycles. The molecule has 0 saturated carbocycles. The van der Waals surface area contributed by atoms with E-state index in [1.54, 1.807) is 0 Å². The van der Waals surface area contributed by atoms with E-state index >= 15 is 0 Å². The lowest BCUT2D eigenvalue weighted by Gasteiger charge is -2.38. The van der Waals surface area contributed by atoms with Crippen molar-refractivity contribution in [1.29, 1.82) is 0 Å². The molecule has 0 spiro atoms. The van der Waals surface area contributed by atoms with Gasteiger partial charge in [0.05, 0.1) is 39.5 Å². The van der Waals surface area contributed by atoms with Gasteiger partial charge in [0.25, 0.3) is 0 Å². The molecular weight excluding hydrogens is 570 g/mol. The van der Waals surface area contributed by atoms with Gasteiger partial charge in [-0.1, -0.05) is 35.1 Å². The number of carbonyl (C=O) groups excluding carboxylic acids is 2. The zero-order valence-electron chi connectivity index (χ0n) is 27.0. The van der Waals surface area contributed by atoms with Crippen LogP contribution in [0.1, 0.15) is 121 Å². The lowest BCUT2D eigenvalue weighted by molar-refractivity contribution is -0.923. The van der Waals surface area contributed by atoms with E-state index in [1.165, 1.54) is 6.92 Å². The van der Waals surface area contributed by atoms with Gasteiger partial charge in [-0.15, -0.1) is 0 Å². The first-order chi connectivity index (χ1) is 19.2. The Morgan fingerprint density at radius 1 is 0.884 bits per heavy atom. The summed E-state index contributed by atoms with van der Waals surface area (Å²) in [6, 6.07) is 0.475. The summed E-state index contributed by atoms with van der Waals surface area (Å²) in [5.41, 5.74) is 0.00422. The number of likely N-dealkylation sites (N-methyl/N-ethyl adjacent to an activating group) is 1. The molecule has 0 aromatic carbocycles. The Bertz CT molecular complexity index is 870. The number of ether oxygens (including phenoxy) is 1. The Balaban J connectivity index is 0. The van der Waals surface area contributed by atoms with Crippen molar-refractivity contribution < 1.29 is 36.0 Å².